The first-order valence-corrected chi connectivity index (χ1v) is 12.5. The van der Waals surface area contributed by atoms with Crippen molar-refractivity contribution in [2.24, 2.45) is 13.0 Å². The van der Waals surface area contributed by atoms with E-state index in [1.54, 1.807) is 0 Å². The third kappa shape index (κ3) is 4.88. The van der Waals surface area contributed by atoms with Crippen LogP contribution >= 0.6 is 22.9 Å². The van der Waals surface area contributed by atoms with Crippen LogP contribution in [0.3, 0.4) is 0 Å². The minimum atomic E-state index is -0.237. The van der Waals surface area contributed by atoms with Crippen molar-refractivity contribution in [2.75, 3.05) is 18.7 Å². The molecule has 8 nitrogen and oxygen atoms in total. The van der Waals surface area contributed by atoms with Crippen LogP contribution in [-0.4, -0.2) is 45.0 Å². The number of rotatable bonds is 7. The van der Waals surface area contributed by atoms with Crippen molar-refractivity contribution in [3.63, 3.8) is 0 Å². The van der Waals surface area contributed by atoms with E-state index in [1.807, 2.05) is 48.0 Å². The summed E-state index contributed by atoms with van der Waals surface area (Å²) >= 11 is 7.60. The van der Waals surface area contributed by atoms with E-state index in [2.05, 4.69) is 15.6 Å². The van der Waals surface area contributed by atoms with Crippen molar-refractivity contribution in [3.05, 3.63) is 47.0 Å². The van der Waals surface area contributed by atoms with Crippen molar-refractivity contribution < 1.29 is 14.6 Å². The number of hydrogen-bond donors (Lipinski definition) is 3. The SMILES string of the molecule is Cn1c(Nc2nc3ccc(Cl)cc3s2)nc2cc(C(=O)NC3CCC(COCO)CC3)ccc21. The molecule has 0 saturated heterocycles. The highest BCUT2D eigenvalue weighted by molar-refractivity contribution is 7.22. The topological polar surface area (TPSA) is 101 Å². The number of imidazole rings is 1. The third-order valence-electron chi connectivity index (χ3n) is 6.34. The number of anilines is 2. The number of nitrogens with one attached hydrogen (secondary N) is 2. The van der Waals surface area contributed by atoms with Gasteiger partial charge in [-0.25, -0.2) is 9.97 Å². The van der Waals surface area contributed by atoms with Crippen molar-refractivity contribution in [3.8, 4) is 0 Å². The first-order chi connectivity index (χ1) is 16.5. The maximum atomic E-state index is 12.9. The number of hydrogen-bond acceptors (Lipinski definition) is 7. The van der Waals surface area contributed by atoms with Gasteiger partial charge in [-0.2, -0.15) is 0 Å². The second-order valence-corrected chi connectivity index (χ2v) is 10.1. The molecule has 178 valence electrons. The van der Waals surface area contributed by atoms with E-state index in [0.717, 1.165) is 52.1 Å². The summed E-state index contributed by atoms with van der Waals surface area (Å²) in [6.07, 6.45) is 3.80. The molecule has 0 unspecified atom stereocenters. The number of halogens is 1. The van der Waals surface area contributed by atoms with Crippen LogP contribution in [0.15, 0.2) is 36.4 Å². The van der Waals surface area contributed by atoms with Crippen LogP contribution in [-0.2, 0) is 11.8 Å². The molecule has 10 heteroatoms. The molecule has 0 spiro atoms. The summed E-state index contributed by atoms with van der Waals surface area (Å²) < 4.78 is 8.07. The highest BCUT2D eigenvalue weighted by Crippen LogP contribution is 2.31. The lowest BCUT2D eigenvalue weighted by molar-refractivity contribution is -0.0234. The second kappa shape index (κ2) is 9.87. The quantitative estimate of drug-likeness (QED) is 0.315. The predicted molar refractivity (Wildman–Crippen MR) is 135 cm³/mol. The molecular formula is C24H26ClN5O3S. The highest BCUT2D eigenvalue weighted by Gasteiger charge is 2.23. The molecule has 34 heavy (non-hydrogen) atoms. The first kappa shape index (κ1) is 23.0. The van der Waals surface area contributed by atoms with Crippen molar-refractivity contribution in [1.29, 1.82) is 0 Å². The van der Waals surface area contributed by atoms with Gasteiger partial charge >= 0.3 is 0 Å². The summed E-state index contributed by atoms with van der Waals surface area (Å²) in [7, 11) is 1.93. The molecule has 2 aromatic carbocycles. The fourth-order valence-corrected chi connectivity index (χ4v) is 5.60. The molecule has 2 aromatic heterocycles. The number of aromatic nitrogens is 3. The molecule has 2 heterocycles. The molecule has 0 aliphatic heterocycles. The lowest BCUT2D eigenvalue weighted by Gasteiger charge is -2.28. The monoisotopic (exact) mass is 499 g/mol. The number of nitrogens with zero attached hydrogens (tertiary/aromatic N) is 3. The molecule has 1 amide bonds. The minimum absolute atomic E-state index is 0.0832. The molecule has 0 atom stereocenters. The number of aliphatic hydroxyl groups is 1. The van der Waals surface area contributed by atoms with Crippen LogP contribution in [0.1, 0.15) is 36.0 Å². The van der Waals surface area contributed by atoms with Crippen LogP contribution in [0.4, 0.5) is 11.1 Å². The van der Waals surface area contributed by atoms with E-state index >= 15 is 0 Å². The number of thiazole rings is 1. The number of benzene rings is 2. The van der Waals surface area contributed by atoms with Crippen LogP contribution in [0.5, 0.6) is 0 Å². The minimum Gasteiger partial charge on any atom is -0.371 e. The van der Waals surface area contributed by atoms with Gasteiger partial charge in [0.15, 0.2) is 5.13 Å². The first-order valence-electron chi connectivity index (χ1n) is 11.3. The molecule has 1 saturated carbocycles. The lowest BCUT2D eigenvalue weighted by atomic mass is 9.86. The summed E-state index contributed by atoms with van der Waals surface area (Å²) in [5.41, 5.74) is 3.14. The van der Waals surface area contributed by atoms with E-state index in [9.17, 15) is 4.79 Å². The van der Waals surface area contributed by atoms with Crippen LogP contribution in [0.25, 0.3) is 21.3 Å². The average molecular weight is 500 g/mol. The van der Waals surface area contributed by atoms with Crippen molar-refractivity contribution in [1.82, 2.24) is 19.9 Å². The normalized spacial score (nSPS) is 18.4. The molecule has 1 fully saturated rings. The molecule has 5 rings (SSSR count). The van der Waals surface area contributed by atoms with Crippen LogP contribution in [0.2, 0.25) is 5.02 Å². The van der Waals surface area contributed by atoms with Crippen molar-refractivity contribution in [2.45, 2.75) is 31.7 Å². The Hall–Kier alpha value is -2.72. The summed E-state index contributed by atoms with van der Waals surface area (Å²) in [6.45, 7) is 0.341. The van der Waals surface area contributed by atoms with E-state index in [1.165, 1.54) is 11.3 Å². The molecule has 4 aromatic rings. The number of aryl methyl sites for hydroxylation is 1. The molecular weight excluding hydrogens is 474 g/mol. The number of amides is 1. The Morgan fingerprint density at radius 2 is 2.00 bits per heavy atom. The number of carbonyl (C=O) groups is 1. The Bertz CT molecular complexity index is 1330. The fourth-order valence-electron chi connectivity index (χ4n) is 4.46. The van der Waals surface area contributed by atoms with Gasteiger partial charge in [0.2, 0.25) is 5.95 Å². The van der Waals surface area contributed by atoms with Gasteiger partial charge in [0.05, 0.1) is 27.9 Å². The second-order valence-electron chi connectivity index (χ2n) is 8.64. The Balaban J connectivity index is 1.27. The zero-order valence-electron chi connectivity index (χ0n) is 18.8. The van der Waals surface area contributed by atoms with Gasteiger partial charge in [-0.3, -0.25) is 4.79 Å². The smallest absolute Gasteiger partial charge is 0.251 e. The fraction of sp³-hybridized carbons (Fsp3) is 0.375. The number of carbonyl (C=O) groups excluding carboxylic acids is 1. The summed E-state index contributed by atoms with van der Waals surface area (Å²) in [5, 5.41) is 16.7. The Labute approximate surface area is 205 Å². The number of aliphatic hydroxyl groups excluding tert-OH is 1. The van der Waals surface area contributed by atoms with Gasteiger partial charge in [-0.1, -0.05) is 22.9 Å². The predicted octanol–water partition coefficient (Wildman–Crippen LogP) is 4.84. The molecule has 0 radical (unpaired) electrons. The Kier molecular flexibility index (Phi) is 6.69. The highest BCUT2D eigenvalue weighted by atomic mass is 35.5. The van der Waals surface area contributed by atoms with Crippen molar-refractivity contribution >= 4 is 61.2 Å². The molecule has 0 bridgehead atoms. The Morgan fingerprint density at radius 1 is 1.18 bits per heavy atom. The van der Waals surface area contributed by atoms with Gasteiger partial charge < -0.3 is 25.0 Å². The largest absolute Gasteiger partial charge is 0.371 e. The van der Waals surface area contributed by atoms with E-state index in [-0.39, 0.29) is 18.7 Å². The lowest BCUT2D eigenvalue weighted by Crippen LogP contribution is -2.38. The number of ether oxygens (including phenoxy) is 1. The third-order valence-corrected chi connectivity index (χ3v) is 7.51. The van der Waals surface area contributed by atoms with Gasteiger partial charge in [-0.15, -0.1) is 0 Å². The standard InChI is InChI=1S/C24H26ClN5O3S/c1-30-20-9-4-15(22(32)26-17-6-2-14(3-7-17)12-33-13-31)10-19(20)27-23(30)29-24-28-18-8-5-16(25)11-21(18)34-24/h4-5,8-11,14,17,31H,2-3,6-7,12-13H2,1H3,(H,26,32)(H,27,28,29). The van der Waals surface area contributed by atoms with E-state index in [4.69, 9.17) is 26.4 Å². The number of fused-ring (bicyclic) bond motifs is 2. The zero-order chi connectivity index (χ0) is 23.7. The van der Waals surface area contributed by atoms with Gasteiger partial charge in [0, 0.05) is 23.7 Å². The van der Waals surface area contributed by atoms with E-state index < -0.39 is 0 Å². The van der Waals surface area contributed by atoms with Gasteiger partial charge in [0.25, 0.3) is 5.91 Å². The summed E-state index contributed by atoms with van der Waals surface area (Å²) in [5.74, 6) is 1.02. The molecule has 1 aliphatic rings. The zero-order valence-corrected chi connectivity index (χ0v) is 20.3. The molecule has 3 N–H and O–H groups in total. The van der Waals surface area contributed by atoms with Crippen LogP contribution in [0, 0.1) is 5.92 Å². The maximum absolute atomic E-state index is 12.9. The Morgan fingerprint density at radius 3 is 2.79 bits per heavy atom. The summed E-state index contributed by atoms with van der Waals surface area (Å²) in [6, 6.07) is 11.4. The van der Waals surface area contributed by atoms with Gasteiger partial charge in [-0.05, 0) is 68.0 Å². The van der Waals surface area contributed by atoms with E-state index in [0.29, 0.717) is 29.1 Å². The van der Waals surface area contributed by atoms with Gasteiger partial charge in [0.1, 0.15) is 6.79 Å². The average Bonchev–Trinajstić information content (AvgIpc) is 3.37. The summed E-state index contributed by atoms with van der Waals surface area (Å²) in [4.78, 5) is 22.2. The molecule has 1 aliphatic carbocycles. The van der Waals surface area contributed by atoms with Crippen LogP contribution < -0.4 is 10.6 Å². The maximum Gasteiger partial charge on any atom is 0.251 e.